The van der Waals surface area contributed by atoms with Crippen LogP contribution in [0.2, 0.25) is 0 Å². The van der Waals surface area contributed by atoms with Gasteiger partial charge in [-0.05, 0) is 6.42 Å². The van der Waals surface area contributed by atoms with Crippen molar-refractivity contribution in [3.63, 3.8) is 0 Å². The van der Waals surface area contributed by atoms with Gasteiger partial charge in [0.15, 0.2) is 0 Å². The van der Waals surface area contributed by atoms with E-state index in [4.69, 9.17) is 9.84 Å². The molecule has 1 N–H and O–H groups in total. The topological polar surface area (TPSA) is 70.1 Å². The molecule has 2 aliphatic heterocycles. The number of hydrogen-bond donors (Lipinski definition) is 1. The maximum atomic E-state index is 12.2. The highest BCUT2D eigenvalue weighted by molar-refractivity contribution is 7.99. The summed E-state index contributed by atoms with van der Waals surface area (Å²) < 4.78 is 5.28. The van der Waals surface area contributed by atoms with Crippen molar-refractivity contribution < 1.29 is 19.4 Å². The van der Waals surface area contributed by atoms with Gasteiger partial charge in [-0.25, -0.2) is 9.59 Å². The molecule has 2 rings (SSSR count). The van der Waals surface area contributed by atoms with Crippen LogP contribution in [0.25, 0.3) is 0 Å². The molecule has 7 heteroatoms. The number of ether oxygens (including phenoxy) is 1. The second-order valence-electron chi connectivity index (χ2n) is 4.06. The monoisotopic (exact) mass is 260 g/mol. The zero-order chi connectivity index (χ0) is 12.3. The number of nitrogens with zero attached hydrogens (tertiary/aromatic N) is 2. The van der Waals surface area contributed by atoms with Crippen LogP contribution in [0.1, 0.15) is 6.42 Å². The molecule has 2 fully saturated rings. The first-order chi connectivity index (χ1) is 8.20. The number of urea groups is 1. The van der Waals surface area contributed by atoms with Gasteiger partial charge in [-0.15, -0.1) is 11.8 Å². The molecule has 0 aromatic carbocycles. The molecule has 6 nitrogen and oxygen atoms in total. The largest absolute Gasteiger partial charge is 0.480 e. The molecular weight excluding hydrogens is 244 g/mol. The van der Waals surface area contributed by atoms with E-state index in [9.17, 15) is 9.59 Å². The Labute approximate surface area is 104 Å². The number of carbonyl (C=O) groups is 2. The molecule has 96 valence electrons. The first-order valence-electron chi connectivity index (χ1n) is 5.64. The molecule has 2 amide bonds. The summed E-state index contributed by atoms with van der Waals surface area (Å²) in [5.41, 5.74) is 0. The fraction of sp³-hybridized carbons (Fsp3) is 0.800. The maximum Gasteiger partial charge on any atom is 0.327 e. The molecule has 0 saturated carbocycles. The highest BCUT2D eigenvalue weighted by Crippen LogP contribution is 2.22. The Bertz CT molecular complexity index is 305. The second kappa shape index (κ2) is 5.59. The lowest BCUT2D eigenvalue weighted by molar-refractivity contribution is -0.140. The third kappa shape index (κ3) is 2.84. The summed E-state index contributed by atoms with van der Waals surface area (Å²) in [7, 11) is 0. The van der Waals surface area contributed by atoms with E-state index in [2.05, 4.69) is 0 Å². The van der Waals surface area contributed by atoms with Crippen molar-refractivity contribution in [2.75, 3.05) is 37.9 Å². The molecule has 1 atom stereocenters. The minimum absolute atomic E-state index is 0.173. The van der Waals surface area contributed by atoms with Crippen LogP contribution >= 0.6 is 11.8 Å². The first kappa shape index (κ1) is 12.5. The highest BCUT2D eigenvalue weighted by atomic mass is 32.2. The summed E-state index contributed by atoms with van der Waals surface area (Å²) in [6, 6.07) is -0.857. The molecule has 0 aromatic rings. The van der Waals surface area contributed by atoms with E-state index >= 15 is 0 Å². The van der Waals surface area contributed by atoms with E-state index in [1.165, 1.54) is 16.7 Å². The van der Waals surface area contributed by atoms with Crippen LogP contribution < -0.4 is 0 Å². The molecule has 0 aromatic heterocycles. The van der Waals surface area contributed by atoms with Gasteiger partial charge in [-0.2, -0.15) is 0 Å². The first-order valence-corrected chi connectivity index (χ1v) is 6.79. The summed E-state index contributed by atoms with van der Waals surface area (Å²) in [5, 5.41) is 9.04. The van der Waals surface area contributed by atoms with E-state index in [1.807, 2.05) is 0 Å². The number of amides is 2. The Hall–Kier alpha value is -0.950. The van der Waals surface area contributed by atoms with Crippen LogP contribution in [-0.2, 0) is 9.53 Å². The standard InChI is InChI=1S/C10H16N2O4S/c13-9(14)8-6-17-7-12(8)10(15)11-2-1-4-16-5-3-11/h8H,1-7H2,(H,13,14). The maximum absolute atomic E-state index is 12.2. The van der Waals surface area contributed by atoms with Crippen molar-refractivity contribution in [1.82, 2.24) is 9.80 Å². The van der Waals surface area contributed by atoms with Crippen LogP contribution in [0.5, 0.6) is 0 Å². The zero-order valence-electron chi connectivity index (χ0n) is 9.50. The summed E-state index contributed by atoms with van der Waals surface area (Å²) >= 11 is 1.48. The average molecular weight is 260 g/mol. The third-order valence-electron chi connectivity index (χ3n) is 2.91. The lowest BCUT2D eigenvalue weighted by atomic mass is 10.3. The number of thioether (sulfide) groups is 1. The second-order valence-corrected chi connectivity index (χ2v) is 5.06. The SMILES string of the molecule is O=C(O)C1CSCN1C(=O)N1CCCOCC1. The number of carbonyl (C=O) groups excluding carboxylic acids is 1. The summed E-state index contributed by atoms with van der Waals surface area (Å²) in [4.78, 5) is 26.3. The molecule has 0 spiro atoms. The van der Waals surface area contributed by atoms with Gasteiger partial charge < -0.3 is 19.6 Å². The van der Waals surface area contributed by atoms with E-state index in [-0.39, 0.29) is 6.03 Å². The number of rotatable bonds is 1. The predicted molar refractivity (Wildman–Crippen MR) is 63.0 cm³/mol. The molecule has 2 aliphatic rings. The van der Waals surface area contributed by atoms with Gasteiger partial charge in [-0.1, -0.05) is 0 Å². The van der Waals surface area contributed by atoms with Crippen LogP contribution in [0.4, 0.5) is 4.79 Å². The van der Waals surface area contributed by atoms with E-state index in [0.29, 0.717) is 37.9 Å². The fourth-order valence-corrected chi connectivity index (χ4v) is 3.09. The zero-order valence-corrected chi connectivity index (χ0v) is 10.3. The molecular formula is C10H16N2O4S. The molecule has 1 unspecified atom stereocenters. The van der Waals surface area contributed by atoms with Gasteiger partial charge in [0.2, 0.25) is 0 Å². The van der Waals surface area contributed by atoms with Gasteiger partial charge in [0.1, 0.15) is 6.04 Å². The lowest BCUT2D eigenvalue weighted by Crippen LogP contribution is -2.49. The number of hydrogen-bond acceptors (Lipinski definition) is 4. The Morgan fingerprint density at radius 3 is 2.88 bits per heavy atom. The van der Waals surface area contributed by atoms with Crippen molar-refractivity contribution >= 4 is 23.8 Å². The van der Waals surface area contributed by atoms with Gasteiger partial charge in [-0.3, -0.25) is 0 Å². The van der Waals surface area contributed by atoms with Gasteiger partial charge in [0.25, 0.3) is 0 Å². The van der Waals surface area contributed by atoms with Gasteiger partial charge in [0.05, 0.1) is 12.5 Å². The van der Waals surface area contributed by atoms with Gasteiger partial charge in [0, 0.05) is 25.4 Å². The Balaban J connectivity index is 2.00. The lowest BCUT2D eigenvalue weighted by Gasteiger charge is -2.28. The predicted octanol–water partition coefficient (Wildman–Crippen LogP) is 0.288. The molecule has 2 saturated heterocycles. The Morgan fingerprint density at radius 2 is 2.12 bits per heavy atom. The molecule has 0 radical (unpaired) electrons. The van der Waals surface area contributed by atoms with Crippen molar-refractivity contribution in [3.8, 4) is 0 Å². The number of carboxylic acid groups (broad SMARTS) is 1. The van der Waals surface area contributed by atoms with Crippen LogP contribution in [0, 0.1) is 0 Å². The Morgan fingerprint density at radius 1 is 1.29 bits per heavy atom. The minimum atomic E-state index is -0.922. The highest BCUT2D eigenvalue weighted by Gasteiger charge is 2.36. The smallest absolute Gasteiger partial charge is 0.327 e. The van der Waals surface area contributed by atoms with Crippen molar-refractivity contribution in [3.05, 3.63) is 0 Å². The van der Waals surface area contributed by atoms with Gasteiger partial charge >= 0.3 is 12.0 Å². The fourth-order valence-electron chi connectivity index (χ4n) is 1.95. The van der Waals surface area contributed by atoms with Crippen molar-refractivity contribution in [2.45, 2.75) is 12.5 Å². The normalized spacial score (nSPS) is 25.8. The summed E-state index contributed by atoms with van der Waals surface area (Å²) in [5.74, 6) is 0.0212. The quantitative estimate of drug-likeness (QED) is 0.733. The molecule has 0 bridgehead atoms. The number of aliphatic carboxylic acids is 1. The summed E-state index contributed by atoms with van der Waals surface area (Å²) in [6.07, 6.45) is 0.810. The number of carboxylic acids is 1. The third-order valence-corrected chi connectivity index (χ3v) is 3.92. The van der Waals surface area contributed by atoms with Crippen LogP contribution in [0.3, 0.4) is 0 Å². The van der Waals surface area contributed by atoms with Crippen LogP contribution in [-0.4, -0.2) is 70.9 Å². The average Bonchev–Trinajstić information content (AvgIpc) is 2.64. The molecule has 17 heavy (non-hydrogen) atoms. The van der Waals surface area contributed by atoms with Crippen molar-refractivity contribution in [2.24, 2.45) is 0 Å². The molecule has 2 heterocycles. The summed E-state index contributed by atoms with van der Waals surface area (Å²) in [6.45, 7) is 2.39. The Kier molecular flexibility index (Phi) is 4.11. The van der Waals surface area contributed by atoms with Crippen molar-refractivity contribution in [1.29, 1.82) is 0 Å². The van der Waals surface area contributed by atoms with E-state index in [1.54, 1.807) is 4.90 Å². The van der Waals surface area contributed by atoms with E-state index in [0.717, 1.165) is 6.42 Å². The minimum Gasteiger partial charge on any atom is -0.480 e. The molecule has 0 aliphatic carbocycles. The van der Waals surface area contributed by atoms with E-state index < -0.39 is 12.0 Å². The van der Waals surface area contributed by atoms with Crippen LogP contribution in [0.15, 0.2) is 0 Å².